The van der Waals surface area contributed by atoms with Gasteiger partial charge in [0.2, 0.25) is 5.91 Å². The van der Waals surface area contributed by atoms with E-state index >= 15 is 0 Å². The maximum Gasteiger partial charge on any atom is 0.226 e. The molecule has 0 saturated heterocycles. The standard InChI is InChI=1S/C19H21N5O/c1-24(19(25)14-7-8-15-11-20-22-17(15)9-14)12-16-10-18(23-21-16)13-5-3-2-4-6-13/h2-6,10-11,14H,7-9,12H2,1H3,(H,20,22)(H,21,23). The van der Waals surface area contributed by atoms with Crippen LogP contribution in [0.3, 0.4) is 0 Å². The first-order valence-electron chi connectivity index (χ1n) is 8.56. The summed E-state index contributed by atoms with van der Waals surface area (Å²) in [4.78, 5) is 14.6. The van der Waals surface area contributed by atoms with Gasteiger partial charge in [-0.15, -0.1) is 0 Å². The topological polar surface area (TPSA) is 77.7 Å². The molecule has 0 spiro atoms. The molecular formula is C19H21N5O. The summed E-state index contributed by atoms with van der Waals surface area (Å²) >= 11 is 0. The zero-order valence-corrected chi connectivity index (χ0v) is 14.2. The van der Waals surface area contributed by atoms with Gasteiger partial charge in [0.25, 0.3) is 0 Å². The van der Waals surface area contributed by atoms with Crippen molar-refractivity contribution in [2.24, 2.45) is 5.92 Å². The van der Waals surface area contributed by atoms with Crippen molar-refractivity contribution in [1.29, 1.82) is 0 Å². The van der Waals surface area contributed by atoms with E-state index in [1.807, 2.05) is 49.6 Å². The van der Waals surface area contributed by atoms with E-state index < -0.39 is 0 Å². The smallest absolute Gasteiger partial charge is 0.226 e. The number of carbonyl (C=O) groups is 1. The molecule has 25 heavy (non-hydrogen) atoms. The number of aryl methyl sites for hydroxylation is 1. The third-order valence-corrected chi connectivity index (χ3v) is 4.85. The van der Waals surface area contributed by atoms with Gasteiger partial charge in [0.1, 0.15) is 0 Å². The van der Waals surface area contributed by atoms with Crippen LogP contribution in [-0.4, -0.2) is 38.2 Å². The quantitative estimate of drug-likeness (QED) is 0.769. The van der Waals surface area contributed by atoms with Gasteiger partial charge in [0.15, 0.2) is 0 Å². The molecule has 128 valence electrons. The maximum atomic E-state index is 12.8. The molecule has 0 fully saturated rings. The normalized spacial score (nSPS) is 16.4. The van der Waals surface area contributed by atoms with E-state index in [4.69, 9.17) is 0 Å². The van der Waals surface area contributed by atoms with Gasteiger partial charge in [0.05, 0.1) is 24.1 Å². The highest BCUT2D eigenvalue weighted by atomic mass is 16.2. The van der Waals surface area contributed by atoms with E-state index in [1.165, 1.54) is 5.56 Å². The fourth-order valence-corrected chi connectivity index (χ4v) is 3.46. The molecule has 0 saturated carbocycles. The highest BCUT2D eigenvalue weighted by Crippen LogP contribution is 2.25. The number of hydrogen-bond donors (Lipinski definition) is 2. The fraction of sp³-hybridized carbons (Fsp3) is 0.316. The first-order valence-corrected chi connectivity index (χ1v) is 8.56. The summed E-state index contributed by atoms with van der Waals surface area (Å²) < 4.78 is 0. The van der Waals surface area contributed by atoms with Gasteiger partial charge in [-0.2, -0.15) is 10.2 Å². The molecular weight excluding hydrogens is 314 g/mol. The molecule has 4 rings (SSSR count). The number of aromatic amines is 2. The first kappa shape index (κ1) is 15.6. The lowest BCUT2D eigenvalue weighted by Gasteiger charge is -2.26. The Labute approximate surface area is 146 Å². The van der Waals surface area contributed by atoms with Crippen molar-refractivity contribution in [2.45, 2.75) is 25.8 Å². The minimum atomic E-state index is 0.0227. The Morgan fingerprint density at radius 1 is 1.28 bits per heavy atom. The predicted octanol–water partition coefficient (Wildman–Crippen LogP) is 2.56. The maximum absolute atomic E-state index is 12.8. The van der Waals surface area contributed by atoms with Crippen LogP contribution in [-0.2, 0) is 24.2 Å². The van der Waals surface area contributed by atoms with E-state index in [-0.39, 0.29) is 11.8 Å². The molecule has 1 amide bonds. The molecule has 3 aromatic rings. The highest BCUT2D eigenvalue weighted by molar-refractivity contribution is 5.79. The Balaban J connectivity index is 1.41. The van der Waals surface area contributed by atoms with Crippen molar-refractivity contribution in [3.05, 3.63) is 59.5 Å². The van der Waals surface area contributed by atoms with Gasteiger partial charge in [-0.25, -0.2) is 0 Å². The van der Waals surface area contributed by atoms with Crippen LogP contribution in [0.25, 0.3) is 11.3 Å². The van der Waals surface area contributed by atoms with Gasteiger partial charge < -0.3 is 4.90 Å². The summed E-state index contributed by atoms with van der Waals surface area (Å²) in [5.74, 6) is 0.200. The van der Waals surface area contributed by atoms with Crippen molar-refractivity contribution in [3.8, 4) is 11.3 Å². The van der Waals surface area contributed by atoms with Crippen LogP contribution >= 0.6 is 0 Å². The lowest BCUT2D eigenvalue weighted by molar-refractivity contribution is -0.135. The van der Waals surface area contributed by atoms with Crippen molar-refractivity contribution in [1.82, 2.24) is 25.3 Å². The third-order valence-electron chi connectivity index (χ3n) is 4.85. The molecule has 1 atom stereocenters. The molecule has 1 aliphatic carbocycles. The number of carbonyl (C=O) groups excluding carboxylic acids is 1. The molecule has 1 aliphatic rings. The van der Waals surface area contributed by atoms with Crippen molar-refractivity contribution in [3.63, 3.8) is 0 Å². The number of amides is 1. The number of nitrogens with one attached hydrogen (secondary N) is 2. The lowest BCUT2D eigenvalue weighted by atomic mass is 9.87. The molecule has 6 heteroatoms. The second kappa shape index (κ2) is 6.55. The second-order valence-electron chi connectivity index (χ2n) is 6.65. The number of fused-ring (bicyclic) bond motifs is 1. The summed E-state index contributed by atoms with van der Waals surface area (Å²) in [5, 5.41) is 14.5. The van der Waals surface area contributed by atoms with E-state index in [0.29, 0.717) is 6.54 Å². The SMILES string of the molecule is CN(Cc1cc(-c2ccccc2)n[nH]1)C(=O)C1CCc2cn[nH]c2C1. The summed E-state index contributed by atoms with van der Waals surface area (Å²) in [6.45, 7) is 0.533. The number of rotatable bonds is 4. The molecule has 1 unspecified atom stereocenters. The van der Waals surface area contributed by atoms with Gasteiger partial charge >= 0.3 is 0 Å². The van der Waals surface area contributed by atoms with Gasteiger partial charge in [0, 0.05) is 30.6 Å². The minimum absolute atomic E-state index is 0.0227. The van der Waals surface area contributed by atoms with Crippen LogP contribution in [0.2, 0.25) is 0 Å². The molecule has 6 nitrogen and oxygen atoms in total. The molecule has 0 aliphatic heterocycles. The van der Waals surface area contributed by atoms with Crippen LogP contribution in [0.5, 0.6) is 0 Å². The number of hydrogen-bond acceptors (Lipinski definition) is 3. The van der Waals surface area contributed by atoms with E-state index in [1.54, 1.807) is 4.90 Å². The number of aromatic nitrogens is 4. The Morgan fingerprint density at radius 3 is 2.96 bits per heavy atom. The Kier molecular flexibility index (Phi) is 4.09. The largest absolute Gasteiger partial charge is 0.340 e. The lowest BCUT2D eigenvalue weighted by Crippen LogP contribution is -2.35. The summed E-state index contributed by atoms with van der Waals surface area (Å²) in [5.41, 5.74) is 5.25. The van der Waals surface area contributed by atoms with Crippen molar-refractivity contribution < 1.29 is 4.79 Å². The molecule has 2 N–H and O–H groups in total. The van der Waals surface area contributed by atoms with Gasteiger partial charge in [-0.1, -0.05) is 30.3 Å². The first-order chi connectivity index (χ1) is 12.2. The summed E-state index contributed by atoms with van der Waals surface area (Å²) in [6, 6.07) is 12.0. The van der Waals surface area contributed by atoms with Crippen LogP contribution in [0.4, 0.5) is 0 Å². The Bertz CT molecular complexity index is 867. The highest BCUT2D eigenvalue weighted by Gasteiger charge is 2.28. The Hall–Kier alpha value is -2.89. The predicted molar refractivity (Wildman–Crippen MR) is 94.6 cm³/mol. The molecule has 0 bridgehead atoms. The molecule has 0 radical (unpaired) electrons. The van der Waals surface area contributed by atoms with Crippen LogP contribution in [0.1, 0.15) is 23.4 Å². The molecule has 1 aromatic carbocycles. The zero-order valence-electron chi connectivity index (χ0n) is 14.2. The average molecular weight is 335 g/mol. The van der Waals surface area contributed by atoms with E-state index in [2.05, 4.69) is 20.4 Å². The number of H-pyrrole nitrogens is 2. The van der Waals surface area contributed by atoms with Gasteiger partial charge in [-0.05, 0) is 24.5 Å². The minimum Gasteiger partial charge on any atom is -0.340 e. The van der Waals surface area contributed by atoms with E-state index in [0.717, 1.165) is 41.9 Å². The Morgan fingerprint density at radius 2 is 2.12 bits per heavy atom. The average Bonchev–Trinajstić information content (AvgIpc) is 3.30. The van der Waals surface area contributed by atoms with Crippen LogP contribution in [0, 0.1) is 5.92 Å². The van der Waals surface area contributed by atoms with Crippen molar-refractivity contribution >= 4 is 5.91 Å². The fourth-order valence-electron chi connectivity index (χ4n) is 3.46. The summed E-state index contributed by atoms with van der Waals surface area (Å²) in [6.07, 6.45) is 4.42. The van der Waals surface area contributed by atoms with E-state index in [9.17, 15) is 4.79 Å². The second-order valence-corrected chi connectivity index (χ2v) is 6.65. The van der Waals surface area contributed by atoms with Crippen LogP contribution < -0.4 is 0 Å². The zero-order chi connectivity index (χ0) is 17.2. The van der Waals surface area contributed by atoms with Gasteiger partial charge in [-0.3, -0.25) is 15.0 Å². The third kappa shape index (κ3) is 3.20. The van der Waals surface area contributed by atoms with Crippen LogP contribution in [0.15, 0.2) is 42.6 Å². The molecule has 2 aromatic heterocycles. The summed E-state index contributed by atoms with van der Waals surface area (Å²) in [7, 11) is 1.85. The monoisotopic (exact) mass is 335 g/mol. The van der Waals surface area contributed by atoms with Crippen molar-refractivity contribution in [2.75, 3.05) is 7.05 Å². The number of benzene rings is 1. The number of nitrogens with zero attached hydrogens (tertiary/aromatic N) is 3. The molecule has 2 heterocycles.